The van der Waals surface area contributed by atoms with E-state index in [0.29, 0.717) is 5.92 Å². The zero-order chi connectivity index (χ0) is 18.1. The number of nitrogens with one attached hydrogen (secondary N) is 1. The number of hydrogen-bond acceptors (Lipinski definition) is 4. The quantitative estimate of drug-likeness (QED) is 0.904. The van der Waals surface area contributed by atoms with Crippen LogP contribution in [0.1, 0.15) is 61.2 Å². The Morgan fingerprint density at radius 2 is 1.92 bits per heavy atom. The third-order valence-electron chi connectivity index (χ3n) is 5.77. The van der Waals surface area contributed by atoms with Crippen molar-refractivity contribution in [2.24, 2.45) is 0 Å². The van der Waals surface area contributed by atoms with E-state index in [1.165, 1.54) is 13.2 Å². The molecule has 1 aliphatic carbocycles. The average Bonchev–Trinajstić information content (AvgIpc) is 3.34. The molecule has 0 spiro atoms. The summed E-state index contributed by atoms with van der Waals surface area (Å²) in [6.45, 7) is 2.06. The van der Waals surface area contributed by atoms with Crippen LogP contribution < -0.4 is 10.1 Å². The summed E-state index contributed by atoms with van der Waals surface area (Å²) in [5.41, 5.74) is 1.87. The highest BCUT2D eigenvalue weighted by Crippen LogP contribution is 2.42. The smallest absolute Gasteiger partial charge is 0.200 e. The lowest BCUT2D eigenvalue weighted by atomic mass is 9.95. The predicted octanol–water partition coefficient (Wildman–Crippen LogP) is 3.54. The van der Waals surface area contributed by atoms with E-state index < -0.39 is 11.6 Å². The van der Waals surface area contributed by atoms with Crippen LogP contribution >= 0.6 is 0 Å². The lowest BCUT2D eigenvalue weighted by molar-refractivity contribution is 0.370. The second-order valence-electron chi connectivity index (χ2n) is 7.33. The van der Waals surface area contributed by atoms with Crippen molar-refractivity contribution in [2.75, 3.05) is 20.2 Å². The van der Waals surface area contributed by atoms with Crippen LogP contribution in [0.3, 0.4) is 0 Å². The molecule has 2 atom stereocenters. The summed E-state index contributed by atoms with van der Waals surface area (Å²) < 4.78 is 34.4. The second kappa shape index (κ2) is 7.31. The van der Waals surface area contributed by atoms with Crippen molar-refractivity contribution in [3.05, 3.63) is 41.2 Å². The molecule has 2 heterocycles. The molecule has 1 aromatic heterocycles. The molecule has 2 aliphatic rings. The maximum absolute atomic E-state index is 13.8. The lowest BCUT2D eigenvalue weighted by Crippen LogP contribution is -2.26. The molecule has 26 heavy (non-hydrogen) atoms. The molecule has 7 heteroatoms. The molecule has 2 aromatic rings. The summed E-state index contributed by atoms with van der Waals surface area (Å²) in [7, 11) is 1.36. The van der Waals surface area contributed by atoms with Gasteiger partial charge in [-0.1, -0.05) is 5.21 Å². The molecule has 5 nitrogen and oxygen atoms in total. The maximum atomic E-state index is 13.8. The number of nitrogens with zero attached hydrogens (tertiary/aromatic N) is 3. The zero-order valence-electron chi connectivity index (χ0n) is 14.9. The average molecular weight is 362 g/mol. The summed E-state index contributed by atoms with van der Waals surface area (Å²) in [6, 6.07) is 3.17. The van der Waals surface area contributed by atoms with Crippen molar-refractivity contribution in [3.8, 4) is 5.75 Å². The molecule has 2 unspecified atom stereocenters. The Hall–Kier alpha value is -2.02. The number of benzene rings is 1. The Balaban J connectivity index is 1.47. The van der Waals surface area contributed by atoms with Gasteiger partial charge in [0.05, 0.1) is 18.8 Å². The van der Waals surface area contributed by atoms with Gasteiger partial charge in [0.25, 0.3) is 0 Å². The molecular formula is C19H24F2N4O. The van der Waals surface area contributed by atoms with Crippen molar-refractivity contribution in [3.63, 3.8) is 0 Å². The van der Waals surface area contributed by atoms with E-state index in [1.807, 2.05) is 4.68 Å². The fraction of sp³-hybridized carbons (Fsp3) is 0.579. The summed E-state index contributed by atoms with van der Waals surface area (Å²) in [5, 5.41) is 12.1. The van der Waals surface area contributed by atoms with Gasteiger partial charge in [0, 0.05) is 12.1 Å². The first-order valence-electron chi connectivity index (χ1n) is 9.31. The number of halogens is 2. The first kappa shape index (κ1) is 17.4. The molecule has 0 bridgehead atoms. The summed E-state index contributed by atoms with van der Waals surface area (Å²) in [4.78, 5) is 0. The minimum Gasteiger partial charge on any atom is -0.494 e. The van der Waals surface area contributed by atoms with Gasteiger partial charge in [-0.25, -0.2) is 9.07 Å². The van der Waals surface area contributed by atoms with Gasteiger partial charge in [-0.15, -0.1) is 5.10 Å². The van der Waals surface area contributed by atoms with Crippen molar-refractivity contribution in [2.45, 2.75) is 50.0 Å². The van der Waals surface area contributed by atoms with E-state index in [2.05, 4.69) is 21.8 Å². The zero-order valence-corrected chi connectivity index (χ0v) is 14.9. The van der Waals surface area contributed by atoms with Gasteiger partial charge >= 0.3 is 0 Å². The van der Waals surface area contributed by atoms with Crippen molar-refractivity contribution >= 4 is 0 Å². The van der Waals surface area contributed by atoms with Crippen LogP contribution in [0.25, 0.3) is 0 Å². The maximum Gasteiger partial charge on any atom is 0.200 e. The van der Waals surface area contributed by atoms with Gasteiger partial charge < -0.3 is 10.1 Å². The number of rotatable bonds is 4. The summed E-state index contributed by atoms with van der Waals surface area (Å²) in [6.07, 6.45) is 7.00. The molecule has 4 rings (SSSR count). The van der Waals surface area contributed by atoms with Crippen molar-refractivity contribution < 1.29 is 13.5 Å². The Kier molecular flexibility index (Phi) is 4.89. The van der Waals surface area contributed by atoms with Crippen LogP contribution in [0.2, 0.25) is 0 Å². The Labute approximate surface area is 151 Å². The van der Waals surface area contributed by atoms with Crippen LogP contribution in [0.5, 0.6) is 5.75 Å². The first-order valence-corrected chi connectivity index (χ1v) is 9.31. The molecule has 1 N–H and O–H groups in total. The highest BCUT2D eigenvalue weighted by molar-refractivity contribution is 5.34. The Morgan fingerprint density at radius 3 is 2.69 bits per heavy atom. The molecular weight excluding hydrogens is 338 g/mol. The first-order chi connectivity index (χ1) is 12.7. The van der Waals surface area contributed by atoms with E-state index in [-0.39, 0.29) is 17.7 Å². The number of aromatic nitrogens is 3. The number of hydrogen-bond donors (Lipinski definition) is 1. The minimum absolute atomic E-state index is 0.0302. The van der Waals surface area contributed by atoms with Gasteiger partial charge in [0.1, 0.15) is 0 Å². The second-order valence-corrected chi connectivity index (χ2v) is 7.33. The third-order valence-corrected chi connectivity index (χ3v) is 5.77. The molecule has 1 aliphatic heterocycles. The Morgan fingerprint density at radius 1 is 1.12 bits per heavy atom. The summed E-state index contributed by atoms with van der Waals surface area (Å²) in [5.74, 6) is -1.14. The van der Waals surface area contributed by atoms with Crippen LogP contribution in [-0.2, 0) is 0 Å². The number of methoxy groups -OCH3 is 1. The van der Waals surface area contributed by atoms with E-state index in [9.17, 15) is 8.78 Å². The van der Waals surface area contributed by atoms with Crippen LogP contribution in [0, 0.1) is 11.6 Å². The lowest BCUT2D eigenvalue weighted by Gasteiger charge is -2.20. The van der Waals surface area contributed by atoms with Gasteiger partial charge in [-0.2, -0.15) is 4.39 Å². The van der Waals surface area contributed by atoms with Crippen LogP contribution in [0.4, 0.5) is 8.78 Å². The van der Waals surface area contributed by atoms with Crippen molar-refractivity contribution in [1.82, 2.24) is 20.3 Å². The molecule has 1 saturated carbocycles. The molecule has 2 fully saturated rings. The normalized spacial score (nSPS) is 24.1. The fourth-order valence-corrected chi connectivity index (χ4v) is 4.24. The van der Waals surface area contributed by atoms with Crippen molar-refractivity contribution in [1.29, 1.82) is 0 Å². The van der Waals surface area contributed by atoms with Gasteiger partial charge in [0.2, 0.25) is 5.82 Å². The van der Waals surface area contributed by atoms with Gasteiger partial charge in [0.15, 0.2) is 11.6 Å². The van der Waals surface area contributed by atoms with E-state index >= 15 is 0 Å². The number of piperidine rings is 1. The van der Waals surface area contributed by atoms with Crippen LogP contribution in [0.15, 0.2) is 18.3 Å². The molecule has 1 saturated heterocycles. The van der Waals surface area contributed by atoms with Gasteiger partial charge in [-0.3, -0.25) is 0 Å². The largest absolute Gasteiger partial charge is 0.494 e. The van der Waals surface area contributed by atoms with E-state index in [0.717, 1.165) is 56.5 Å². The molecule has 0 radical (unpaired) electrons. The molecule has 1 aromatic carbocycles. The highest BCUT2D eigenvalue weighted by Gasteiger charge is 2.30. The predicted molar refractivity (Wildman–Crippen MR) is 93.4 cm³/mol. The Bertz CT molecular complexity index is 773. The minimum atomic E-state index is -0.923. The van der Waals surface area contributed by atoms with E-state index in [4.69, 9.17) is 4.74 Å². The fourth-order valence-electron chi connectivity index (χ4n) is 4.24. The standard InChI is InChI=1S/C19H24F2N4O/c1-26-18-10-14(9-16(20)19(18)21)13-2-3-15(8-13)25-11-17(23-24-25)12-4-6-22-7-5-12/h9-13,15,22H,2-8H2,1H3. The monoisotopic (exact) mass is 362 g/mol. The highest BCUT2D eigenvalue weighted by atomic mass is 19.2. The van der Waals surface area contributed by atoms with Gasteiger partial charge in [-0.05, 0) is 68.8 Å². The summed E-state index contributed by atoms with van der Waals surface area (Å²) >= 11 is 0. The topological polar surface area (TPSA) is 52.0 Å². The molecule has 0 amide bonds. The molecule has 140 valence electrons. The van der Waals surface area contributed by atoms with E-state index in [1.54, 1.807) is 6.07 Å². The number of ether oxygens (including phenoxy) is 1. The van der Waals surface area contributed by atoms with Crippen LogP contribution in [-0.4, -0.2) is 35.2 Å². The third kappa shape index (κ3) is 3.32. The SMILES string of the molecule is COc1cc(C2CCC(n3cc(C4CCNCC4)nn3)C2)cc(F)c1F.